The fraction of sp³-hybridized carbons (Fsp3) is 0.455. The van der Waals surface area contributed by atoms with Crippen LogP contribution in [0.1, 0.15) is 117 Å². The molecule has 7 heteroatoms. The number of hydrogen-bond donors (Lipinski definition) is 0. The molecule has 0 fully saturated rings. The molecule has 0 saturated carbocycles. The molecule has 3 rings (SSSR count). The maximum Gasteiger partial charge on any atom is 0.131 e. The van der Waals surface area contributed by atoms with Gasteiger partial charge in [0.25, 0.3) is 0 Å². The van der Waals surface area contributed by atoms with Crippen molar-refractivity contribution in [1.29, 1.82) is 0 Å². The number of allylic oxidation sites excluding steroid dienone is 4. The lowest BCUT2D eigenvalue weighted by molar-refractivity contribution is 0.240. The van der Waals surface area contributed by atoms with E-state index in [2.05, 4.69) is 66.8 Å². The van der Waals surface area contributed by atoms with Crippen LogP contribution < -0.4 is 18.9 Å². The van der Waals surface area contributed by atoms with E-state index in [1.807, 2.05) is 48.6 Å². The average molecular weight is 749 g/mol. The summed E-state index contributed by atoms with van der Waals surface area (Å²) in [5.74, 6) is 3.24. The summed E-state index contributed by atoms with van der Waals surface area (Å²) in [5, 5.41) is 0. The summed E-state index contributed by atoms with van der Waals surface area (Å²) in [6, 6.07) is 16.6. The summed E-state index contributed by atoms with van der Waals surface area (Å²) < 4.78 is 27.1. The number of unbranched alkanes of at least 4 members (excludes halogenated alkanes) is 6. The lowest BCUT2D eigenvalue weighted by atomic mass is 10.0. The van der Waals surface area contributed by atoms with Crippen LogP contribution in [0.15, 0.2) is 93.4 Å². The van der Waals surface area contributed by atoms with Crippen molar-refractivity contribution < 1.29 is 18.9 Å². The van der Waals surface area contributed by atoms with E-state index >= 15 is 0 Å². The van der Waals surface area contributed by atoms with Crippen molar-refractivity contribution >= 4 is 44.7 Å². The normalized spacial score (nSPS) is 12.4. The molecule has 0 atom stereocenters. The largest absolute Gasteiger partial charge is 0.496 e. The quantitative estimate of drug-likeness (QED) is 0.0516. The van der Waals surface area contributed by atoms with Gasteiger partial charge in [-0.3, -0.25) is 0 Å². The van der Waals surface area contributed by atoms with Gasteiger partial charge in [-0.25, -0.2) is 0 Å². The lowest BCUT2D eigenvalue weighted by Gasteiger charge is -2.21. The molecule has 3 aromatic rings. The van der Waals surface area contributed by atoms with E-state index in [1.165, 1.54) is 58.1 Å². The molecule has 1 heterocycles. The molecule has 0 radical (unpaired) electrons. The summed E-state index contributed by atoms with van der Waals surface area (Å²) in [6.07, 6.45) is 15.4. The number of hydrogen-bond acceptors (Lipinski definition) is 7. The molecule has 0 spiro atoms. The maximum atomic E-state index is 6.40. The van der Waals surface area contributed by atoms with Crippen LogP contribution >= 0.6 is 34.9 Å². The number of ether oxygens (including phenoxy) is 4. The zero-order valence-corrected chi connectivity index (χ0v) is 34.7. The van der Waals surface area contributed by atoms with Crippen molar-refractivity contribution in [3.05, 3.63) is 96.1 Å². The second-order valence-corrected chi connectivity index (χ2v) is 16.7. The molecule has 0 bridgehead atoms. The summed E-state index contributed by atoms with van der Waals surface area (Å²) in [6.45, 7) is 21.3. The van der Waals surface area contributed by atoms with E-state index in [0.29, 0.717) is 0 Å². The standard InChI is InChI=1S/C44H60O4S3/c1-11-15-17-19-23-33(13-3)43(41-35(45-9)25-21-27-37(41)47-31(5)6)50-39-29-30-40(49-39)51-44(34(14-4)24-20-18-16-12-2)42-36(46-10)26-22-28-38(42)48-32(7)8/h13-14,21-22,25-32H,3-4,11-12,15-20,23-24H2,1-2,5-10H3/b43-33+,44-34+. The first-order chi connectivity index (χ1) is 24.7. The molecule has 1 aromatic heterocycles. The van der Waals surface area contributed by atoms with Crippen LogP contribution in [-0.2, 0) is 0 Å². The van der Waals surface area contributed by atoms with Gasteiger partial charge in [0.05, 0.1) is 46.0 Å². The first kappa shape index (κ1) is 42.4. The predicted octanol–water partition coefficient (Wildman–Crippen LogP) is 14.7. The Hall–Kier alpha value is -3.00. The molecule has 278 valence electrons. The average Bonchev–Trinajstić information content (AvgIpc) is 3.56. The minimum Gasteiger partial charge on any atom is -0.496 e. The highest BCUT2D eigenvalue weighted by Gasteiger charge is 2.24. The topological polar surface area (TPSA) is 36.9 Å². The highest BCUT2D eigenvalue weighted by atomic mass is 32.2. The molecular weight excluding hydrogens is 689 g/mol. The van der Waals surface area contributed by atoms with Gasteiger partial charge in [-0.1, -0.05) is 113 Å². The first-order valence-electron chi connectivity index (χ1n) is 18.6. The minimum absolute atomic E-state index is 0.0226. The summed E-state index contributed by atoms with van der Waals surface area (Å²) in [5.41, 5.74) is 4.39. The van der Waals surface area contributed by atoms with Gasteiger partial charge in [0.15, 0.2) is 0 Å². The van der Waals surface area contributed by atoms with Crippen LogP contribution in [0, 0.1) is 0 Å². The number of thiophene rings is 1. The van der Waals surface area contributed by atoms with Gasteiger partial charge in [-0.05, 0) is 101 Å². The van der Waals surface area contributed by atoms with Gasteiger partial charge >= 0.3 is 0 Å². The second-order valence-electron chi connectivity index (χ2n) is 13.0. The Balaban J connectivity index is 2.15. The Morgan fingerprint density at radius 1 is 0.608 bits per heavy atom. The molecule has 0 aliphatic heterocycles. The highest BCUT2D eigenvalue weighted by Crippen LogP contribution is 2.52. The fourth-order valence-corrected chi connectivity index (χ4v) is 9.70. The Kier molecular flexibility index (Phi) is 19.0. The number of methoxy groups -OCH3 is 2. The summed E-state index contributed by atoms with van der Waals surface area (Å²) in [7, 11) is 3.47. The highest BCUT2D eigenvalue weighted by molar-refractivity contribution is 8.12. The van der Waals surface area contributed by atoms with E-state index in [0.717, 1.165) is 69.6 Å². The molecule has 0 amide bonds. The third-order valence-electron chi connectivity index (χ3n) is 8.23. The SMILES string of the molecule is C=C/C(CCCCCC)=C(\Sc1ccc(S/C(=C(\C=C)CCCCCC)c2c(OC)cccc2OC(C)C)s1)c1c(OC)cccc1OC(C)C. The molecule has 0 aliphatic rings. The molecule has 0 aliphatic carbocycles. The molecule has 0 N–H and O–H groups in total. The zero-order valence-electron chi connectivity index (χ0n) is 32.3. The van der Waals surface area contributed by atoms with E-state index in [1.54, 1.807) is 49.1 Å². The number of rotatable bonds is 24. The van der Waals surface area contributed by atoms with Crippen molar-refractivity contribution in [2.75, 3.05) is 14.2 Å². The zero-order chi connectivity index (χ0) is 37.2. The van der Waals surface area contributed by atoms with Crippen LogP contribution in [0.2, 0.25) is 0 Å². The minimum atomic E-state index is 0.0226. The van der Waals surface area contributed by atoms with Crippen molar-refractivity contribution in [3.8, 4) is 23.0 Å². The number of thioether (sulfide) groups is 2. The Morgan fingerprint density at radius 2 is 1.00 bits per heavy atom. The molecule has 51 heavy (non-hydrogen) atoms. The van der Waals surface area contributed by atoms with E-state index in [9.17, 15) is 0 Å². The van der Waals surface area contributed by atoms with Gasteiger partial charge < -0.3 is 18.9 Å². The Morgan fingerprint density at radius 3 is 1.33 bits per heavy atom. The Bertz CT molecular complexity index is 1480. The predicted molar refractivity (Wildman–Crippen MR) is 225 cm³/mol. The van der Waals surface area contributed by atoms with Gasteiger partial charge in [0, 0.05) is 9.81 Å². The van der Waals surface area contributed by atoms with Crippen molar-refractivity contribution in [2.45, 2.75) is 126 Å². The molecular formula is C44H60O4S3. The number of benzene rings is 2. The third-order valence-corrected chi connectivity index (χ3v) is 11.9. The smallest absolute Gasteiger partial charge is 0.131 e. The van der Waals surface area contributed by atoms with Gasteiger partial charge in [0.2, 0.25) is 0 Å². The summed E-state index contributed by atoms with van der Waals surface area (Å²) >= 11 is 5.34. The van der Waals surface area contributed by atoms with E-state index in [-0.39, 0.29) is 12.2 Å². The van der Waals surface area contributed by atoms with Crippen molar-refractivity contribution in [2.24, 2.45) is 0 Å². The van der Waals surface area contributed by atoms with E-state index in [4.69, 9.17) is 18.9 Å². The van der Waals surface area contributed by atoms with Gasteiger partial charge in [0.1, 0.15) is 23.0 Å². The van der Waals surface area contributed by atoms with Gasteiger partial charge in [-0.15, -0.1) is 11.3 Å². The first-order valence-corrected chi connectivity index (χ1v) is 21.0. The van der Waals surface area contributed by atoms with Crippen LogP contribution in [-0.4, -0.2) is 26.4 Å². The molecule has 2 aromatic carbocycles. The maximum absolute atomic E-state index is 6.40. The Labute approximate surface area is 321 Å². The third kappa shape index (κ3) is 12.9. The molecule has 0 unspecified atom stereocenters. The van der Waals surface area contributed by atoms with Gasteiger partial charge in [-0.2, -0.15) is 0 Å². The fourth-order valence-electron chi connectivity index (χ4n) is 5.78. The lowest BCUT2D eigenvalue weighted by Crippen LogP contribution is -2.08. The van der Waals surface area contributed by atoms with E-state index < -0.39 is 0 Å². The second kappa shape index (κ2) is 22.8. The van der Waals surface area contributed by atoms with Crippen LogP contribution in [0.4, 0.5) is 0 Å². The molecule has 0 saturated heterocycles. The van der Waals surface area contributed by atoms with Crippen molar-refractivity contribution in [3.63, 3.8) is 0 Å². The van der Waals surface area contributed by atoms with Crippen LogP contribution in [0.25, 0.3) is 9.81 Å². The van der Waals surface area contributed by atoms with Crippen LogP contribution in [0.5, 0.6) is 23.0 Å². The summed E-state index contributed by atoms with van der Waals surface area (Å²) in [4.78, 5) is 2.26. The van der Waals surface area contributed by atoms with Crippen LogP contribution in [0.3, 0.4) is 0 Å². The monoisotopic (exact) mass is 748 g/mol. The molecule has 4 nitrogen and oxygen atoms in total. The van der Waals surface area contributed by atoms with Crippen molar-refractivity contribution in [1.82, 2.24) is 0 Å².